The summed E-state index contributed by atoms with van der Waals surface area (Å²) in [6.07, 6.45) is 2.83. The van der Waals surface area contributed by atoms with Crippen molar-refractivity contribution in [2.45, 2.75) is 31.8 Å². The SMILES string of the molecule is COc1ccc(CN2CCCCOCCNC(=O)c3ccccc3OC[C@@H]2Cc2ccccc2)cc1. The highest BCUT2D eigenvalue weighted by Gasteiger charge is 2.22. The minimum atomic E-state index is -0.140. The van der Waals surface area contributed by atoms with Crippen molar-refractivity contribution in [3.8, 4) is 11.5 Å². The van der Waals surface area contributed by atoms with E-state index in [0.717, 1.165) is 38.1 Å². The van der Waals surface area contributed by atoms with Gasteiger partial charge in [0.1, 0.15) is 18.1 Å². The van der Waals surface area contributed by atoms with E-state index in [2.05, 4.69) is 46.6 Å². The van der Waals surface area contributed by atoms with Gasteiger partial charge < -0.3 is 19.5 Å². The third-order valence-corrected chi connectivity index (χ3v) is 6.45. The maximum atomic E-state index is 12.8. The summed E-state index contributed by atoms with van der Waals surface area (Å²) in [5, 5.41) is 2.95. The summed E-state index contributed by atoms with van der Waals surface area (Å²) >= 11 is 0. The van der Waals surface area contributed by atoms with E-state index in [-0.39, 0.29) is 11.9 Å². The average Bonchev–Trinajstić information content (AvgIpc) is 2.93. The molecule has 0 spiro atoms. The summed E-state index contributed by atoms with van der Waals surface area (Å²) in [6.45, 7) is 3.87. The molecule has 6 nitrogen and oxygen atoms in total. The van der Waals surface area contributed by atoms with Gasteiger partial charge in [-0.25, -0.2) is 0 Å². The number of fused-ring (bicyclic) bond motifs is 1. The number of amides is 1. The Morgan fingerprint density at radius 1 is 0.917 bits per heavy atom. The second-order valence-corrected chi connectivity index (χ2v) is 9.04. The number of nitrogens with one attached hydrogen (secondary N) is 1. The maximum Gasteiger partial charge on any atom is 0.255 e. The Hall–Kier alpha value is -3.35. The molecule has 0 aliphatic carbocycles. The van der Waals surface area contributed by atoms with E-state index in [1.807, 2.05) is 42.5 Å². The predicted molar refractivity (Wildman–Crippen MR) is 142 cm³/mol. The molecule has 1 atom stereocenters. The molecular weight excluding hydrogens is 452 g/mol. The quantitative estimate of drug-likeness (QED) is 0.563. The first-order valence-electron chi connectivity index (χ1n) is 12.7. The number of rotatable bonds is 5. The molecule has 1 aliphatic rings. The van der Waals surface area contributed by atoms with Crippen LogP contribution < -0.4 is 14.8 Å². The van der Waals surface area contributed by atoms with Gasteiger partial charge in [0.05, 0.1) is 19.3 Å². The third-order valence-electron chi connectivity index (χ3n) is 6.45. The summed E-state index contributed by atoms with van der Waals surface area (Å²) in [7, 11) is 1.69. The molecule has 0 saturated heterocycles. The average molecular weight is 489 g/mol. The van der Waals surface area contributed by atoms with Crippen molar-refractivity contribution in [3.05, 3.63) is 95.6 Å². The first-order chi connectivity index (χ1) is 17.7. The Labute approximate surface area is 214 Å². The maximum absolute atomic E-state index is 12.8. The number of para-hydroxylation sites is 1. The zero-order chi connectivity index (χ0) is 25.0. The van der Waals surface area contributed by atoms with Gasteiger partial charge >= 0.3 is 0 Å². The van der Waals surface area contributed by atoms with Crippen LogP contribution in [0.5, 0.6) is 11.5 Å². The molecule has 0 bridgehead atoms. The molecule has 0 aromatic heterocycles. The van der Waals surface area contributed by atoms with Gasteiger partial charge in [0.15, 0.2) is 0 Å². The molecule has 0 saturated carbocycles. The van der Waals surface area contributed by atoms with Crippen LogP contribution in [0.4, 0.5) is 0 Å². The summed E-state index contributed by atoms with van der Waals surface area (Å²) in [5.41, 5.74) is 3.04. The van der Waals surface area contributed by atoms with Crippen molar-refractivity contribution in [1.82, 2.24) is 10.2 Å². The summed E-state index contributed by atoms with van der Waals surface area (Å²) in [4.78, 5) is 15.3. The molecule has 36 heavy (non-hydrogen) atoms. The molecule has 6 heteroatoms. The summed E-state index contributed by atoms with van der Waals surface area (Å²) < 4.78 is 17.5. The van der Waals surface area contributed by atoms with Crippen LogP contribution in [0.1, 0.15) is 34.3 Å². The zero-order valence-electron chi connectivity index (χ0n) is 21.0. The van der Waals surface area contributed by atoms with Crippen LogP contribution in [0.2, 0.25) is 0 Å². The molecule has 4 rings (SSSR count). The number of methoxy groups -OCH3 is 1. The second-order valence-electron chi connectivity index (χ2n) is 9.04. The lowest BCUT2D eigenvalue weighted by Gasteiger charge is -2.32. The van der Waals surface area contributed by atoms with Crippen molar-refractivity contribution < 1.29 is 19.0 Å². The number of hydrogen-bond acceptors (Lipinski definition) is 5. The smallest absolute Gasteiger partial charge is 0.255 e. The molecule has 1 N–H and O–H groups in total. The van der Waals surface area contributed by atoms with Crippen LogP contribution in [0, 0.1) is 0 Å². The second kappa shape index (κ2) is 13.7. The largest absolute Gasteiger partial charge is 0.497 e. The number of carbonyl (C=O) groups excluding carboxylic acids is 1. The highest BCUT2D eigenvalue weighted by atomic mass is 16.5. The molecule has 0 unspecified atom stereocenters. The van der Waals surface area contributed by atoms with Crippen molar-refractivity contribution in [2.24, 2.45) is 0 Å². The summed E-state index contributed by atoms with van der Waals surface area (Å²) in [5.74, 6) is 1.32. The zero-order valence-corrected chi connectivity index (χ0v) is 21.0. The van der Waals surface area contributed by atoms with E-state index in [0.29, 0.717) is 37.7 Å². The predicted octanol–water partition coefficient (Wildman–Crippen LogP) is 4.73. The van der Waals surface area contributed by atoms with Crippen molar-refractivity contribution >= 4 is 5.91 Å². The van der Waals surface area contributed by atoms with E-state index in [9.17, 15) is 4.79 Å². The lowest BCUT2D eigenvalue weighted by molar-refractivity contribution is 0.0908. The van der Waals surface area contributed by atoms with E-state index in [1.54, 1.807) is 7.11 Å². The first-order valence-corrected chi connectivity index (χ1v) is 12.7. The highest BCUT2D eigenvalue weighted by Crippen LogP contribution is 2.22. The number of benzene rings is 3. The van der Waals surface area contributed by atoms with Crippen LogP contribution in [0.3, 0.4) is 0 Å². The van der Waals surface area contributed by atoms with Crippen LogP contribution in [0.25, 0.3) is 0 Å². The van der Waals surface area contributed by atoms with Crippen molar-refractivity contribution in [3.63, 3.8) is 0 Å². The van der Waals surface area contributed by atoms with Crippen LogP contribution in [-0.2, 0) is 17.7 Å². The van der Waals surface area contributed by atoms with E-state index in [1.165, 1.54) is 11.1 Å². The molecule has 1 heterocycles. The van der Waals surface area contributed by atoms with E-state index >= 15 is 0 Å². The van der Waals surface area contributed by atoms with Gasteiger partial charge in [-0.05, 0) is 61.2 Å². The van der Waals surface area contributed by atoms with Gasteiger partial charge in [0.2, 0.25) is 0 Å². The number of hydrogen-bond donors (Lipinski definition) is 1. The first kappa shape index (κ1) is 25.7. The van der Waals surface area contributed by atoms with Gasteiger partial charge in [-0.2, -0.15) is 0 Å². The lowest BCUT2D eigenvalue weighted by Crippen LogP contribution is -2.41. The molecule has 3 aromatic rings. The lowest BCUT2D eigenvalue weighted by atomic mass is 10.0. The molecule has 3 aromatic carbocycles. The number of nitrogens with zero attached hydrogens (tertiary/aromatic N) is 1. The number of carbonyl (C=O) groups is 1. The van der Waals surface area contributed by atoms with Crippen LogP contribution in [-0.4, -0.2) is 56.9 Å². The van der Waals surface area contributed by atoms with Gasteiger partial charge in [-0.15, -0.1) is 0 Å². The van der Waals surface area contributed by atoms with Gasteiger partial charge in [0.25, 0.3) is 5.91 Å². The molecule has 1 aliphatic heterocycles. The minimum Gasteiger partial charge on any atom is -0.497 e. The van der Waals surface area contributed by atoms with Crippen LogP contribution >= 0.6 is 0 Å². The Morgan fingerprint density at radius 2 is 1.69 bits per heavy atom. The molecule has 0 radical (unpaired) electrons. The Balaban J connectivity index is 1.61. The topological polar surface area (TPSA) is 60.0 Å². The highest BCUT2D eigenvalue weighted by molar-refractivity contribution is 5.96. The standard InChI is InChI=1S/C30H36N2O4/c1-34-27-15-13-25(14-16-27)22-32-18-7-8-19-35-20-17-31-30(33)28-11-5-6-12-29(28)36-23-26(32)21-24-9-3-2-4-10-24/h2-6,9-16,26H,7-8,17-23H2,1H3,(H,31,33)/t26-/m0/s1. The molecular formula is C30H36N2O4. The van der Waals surface area contributed by atoms with E-state index < -0.39 is 0 Å². The van der Waals surface area contributed by atoms with Gasteiger partial charge in [0, 0.05) is 25.7 Å². The van der Waals surface area contributed by atoms with Crippen LogP contribution in [0.15, 0.2) is 78.9 Å². The molecule has 190 valence electrons. The number of ether oxygens (including phenoxy) is 3. The van der Waals surface area contributed by atoms with Gasteiger partial charge in [-0.3, -0.25) is 9.69 Å². The minimum absolute atomic E-state index is 0.122. The molecule has 0 fully saturated rings. The third kappa shape index (κ3) is 7.57. The van der Waals surface area contributed by atoms with Crippen molar-refractivity contribution in [2.75, 3.05) is 40.0 Å². The van der Waals surface area contributed by atoms with Gasteiger partial charge in [-0.1, -0.05) is 54.6 Å². The molecule has 1 amide bonds. The fourth-order valence-electron chi connectivity index (χ4n) is 4.45. The Kier molecular flexibility index (Phi) is 9.77. The Morgan fingerprint density at radius 3 is 2.50 bits per heavy atom. The monoisotopic (exact) mass is 488 g/mol. The van der Waals surface area contributed by atoms with Crippen molar-refractivity contribution in [1.29, 1.82) is 0 Å². The Bertz CT molecular complexity index is 1070. The fraction of sp³-hybridized carbons (Fsp3) is 0.367. The summed E-state index contributed by atoms with van der Waals surface area (Å²) in [6, 6.07) is 26.4. The fourth-order valence-corrected chi connectivity index (χ4v) is 4.45. The normalized spacial score (nSPS) is 18.1. The van der Waals surface area contributed by atoms with E-state index in [4.69, 9.17) is 14.2 Å².